The van der Waals surface area contributed by atoms with Crippen LogP contribution in [0.1, 0.15) is 26.2 Å². The van der Waals surface area contributed by atoms with Gasteiger partial charge in [0.2, 0.25) is 5.91 Å². The van der Waals surface area contributed by atoms with E-state index in [1.807, 2.05) is 11.8 Å². The van der Waals surface area contributed by atoms with Crippen LogP contribution in [0.2, 0.25) is 0 Å². The molecule has 0 aliphatic carbocycles. The molecule has 2 N–H and O–H groups in total. The maximum Gasteiger partial charge on any atom is 0.222 e. The number of amides is 1. The van der Waals surface area contributed by atoms with Gasteiger partial charge >= 0.3 is 0 Å². The molecule has 1 saturated heterocycles. The van der Waals surface area contributed by atoms with Crippen LogP contribution >= 0.6 is 12.2 Å². The highest BCUT2D eigenvalue weighted by atomic mass is 32.1. The van der Waals surface area contributed by atoms with E-state index < -0.39 is 0 Å². The molecule has 0 aromatic rings. The number of hydrogen-bond donors (Lipinski definition) is 1. The van der Waals surface area contributed by atoms with E-state index in [9.17, 15) is 4.79 Å². The van der Waals surface area contributed by atoms with Crippen LogP contribution in [0.5, 0.6) is 0 Å². The van der Waals surface area contributed by atoms with Gasteiger partial charge in [-0.2, -0.15) is 0 Å². The minimum atomic E-state index is 0.201. The van der Waals surface area contributed by atoms with E-state index in [0.29, 0.717) is 24.4 Å². The second-order valence-corrected chi connectivity index (χ2v) is 5.33. The fourth-order valence-electron chi connectivity index (χ4n) is 2.07. The number of carbonyl (C=O) groups excluding carboxylic acids is 1. The van der Waals surface area contributed by atoms with Crippen molar-refractivity contribution in [2.45, 2.75) is 26.2 Å². The lowest BCUT2D eigenvalue weighted by Crippen LogP contribution is -2.43. The Balaban J connectivity index is 2.38. The fourth-order valence-corrected chi connectivity index (χ4v) is 2.16. The molecule has 19 heavy (non-hydrogen) atoms. The number of rotatable bonds is 8. The van der Waals surface area contributed by atoms with Crippen LogP contribution in [0, 0.1) is 0 Å². The standard InChI is InChI=1S/C13H25N3O2S/c1-2-3-13(17)16(5-4-12(14)19)7-6-15-8-10-18-11-9-15/h2-11H2,1H3,(H2,14,19). The summed E-state index contributed by atoms with van der Waals surface area (Å²) >= 11 is 4.89. The van der Waals surface area contributed by atoms with E-state index in [1.54, 1.807) is 0 Å². The summed E-state index contributed by atoms with van der Waals surface area (Å²) in [7, 11) is 0. The molecule has 6 heteroatoms. The Morgan fingerprint density at radius 1 is 1.32 bits per heavy atom. The van der Waals surface area contributed by atoms with Crippen molar-refractivity contribution in [3.8, 4) is 0 Å². The van der Waals surface area contributed by atoms with E-state index in [2.05, 4.69) is 4.90 Å². The van der Waals surface area contributed by atoms with Gasteiger partial charge in [-0.05, 0) is 6.42 Å². The molecular weight excluding hydrogens is 262 g/mol. The predicted octanol–water partition coefficient (Wildman–Crippen LogP) is 0.624. The molecule has 1 aliphatic rings. The minimum Gasteiger partial charge on any atom is -0.393 e. The zero-order valence-electron chi connectivity index (χ0n) is 11.8. The van der Waals surface area contributed by atoms with Crippen LogP contribution in [0.3, 0.4) is 0 Å². The highest BCUT2D eigenvalue weighted by molar-refractivity contribution is 7.80. The molecule has 0 aromatic carbocycles. The van der Waals surface area contributed by atoms with Crippen molar-refractivity contribution in [3.63, 3.8) is 0 Å². The summed E-state index contributed by atoms with van der Waals surface area (Å²) in [5, 5.41) is 0. The minimum absolute atomic E-state index is 0.201. The number of nitrogens with zero attached hydrogens (tertiary/aromatic N) is 2. The summed E-state index contributed by atoms with van der Waals surface area (Å²) in [5.74, 6) is 0.201. The van der Waals surface area contributed by atoms with Crippen LogP contribution < -0.4 is 5.73 Å². The molecule has 1 heterocycles. The van der Waals surface area contributed by atoms with Crippen molar-refractivity contribution in [1.82, 2.24) is 9.80 Å². The molecule has 0 bridgehead atoms. The van der Waals surface area contributed by atoms with Gasteiger partial charge in [-0.1, -0.05) is 19.1 Å². The summed E-state index contributed by atoms with van der Waals surface area (Å²) in [4.78, 5) is 16.7. The Kier molecular flexibility index (Phi) is 7.93. The number of morpholine rings is 1. The molecule has 0 radical (unpaired) electrons. The molecule has 0 atom stereocenters. The van der Waals surface area contributed by atoms with Crippen molar-refractivity contribution in [3.05, 3.63) is 0 Å². The van der Waals surface area contributed by atoms with Crippen LogP contribution in [-0.2, 0) is 9.53 Å². The largest absolute Gasteiger partial charge is 0.393 e. The van der Waals surface area contributed by atoms with E-state index in [1.165, 1.54) is 0 Å². The number of ether oxygens (including phenoxy) is 1. The van der Waals surface area contributed by atoms with Crippen molar-refractivity contribution in [1.29, 1.82) is 0 Å². The van der Waals surface area contributed by atoms with E-state index in [0.717, 1.165) is 45.8 Å². The Morgan fingerprint density at radius 3 is 2.58 bits per heavy atom. The zero-order valence-corrected chi connectivity index (χ0v) is 12.6. The van der Waals surface area contributed by atoms with Crippen LogP contribution in [0.4, 0.5) is 0 Å². The molecule has 0 aromatic heterocycles. The van der Waals surface area contributed by atoms with E-state index in [4.69, 9.17) is 22.7 Å². The number of carbonyl (C=O) groups is 1. The first kappa shape index (κ1) is 16.3. The lowest BCUT2D eigenvalue weighted by Gasteiger charge is -2.30. The molecule has 5 nitrogen and oxygen atoms in total. The third-order valence-corrected chi connectivity index (χ3v) is 3.44. The van der Waals surface area contributed by atoms with Crippen molar-refractivity contribution >= 4 is 23.1 Å². The SMILES string of the molecule is CCCC(=O)N(CCC(N)=S)CCN1CCOCC1. The van der Waals surface area contributed by atoms with E-state index >= 15 is 0 Å². The summed E-state index contributed by atoms with van der Waals surface area (Å²) in [5.41, 5.74) is 5.52. The summed E-state index contributed by atoms with van der Waals surface area (Å²) in [6.07, 6.45) is 2.08. The molecule has 110 valence electrons. The van der Waals surface area contributed by atoms with Crippen molar-refractivity contribution < 1.29 is 9.53 Å². The molecule has 0 spiro atoms. The average molecular weight is 287 g/mol. The lowest BCUT2D eigenvalue weighted by atomic mass is 10.2. The smallest absolute Gasteiger partial charge is 0.222 e. The van der Waals surface area contributed by atoms with Crippen LogP contribution in [0.25, 0.3) is 0 Å². The monoisotopic (exact) mass is 287 g/mol. The Hall–Kier alpha value is -0.720. The van der Waals surface area contributed by atoms with Crippen LogP contribution in [0.15, 0.2) is 0 Å². The van der Waals surface area contributed by atoms with Gasteiger partial charge < -0.3 is 15.4 Å². The zero-order chi connectivity index (χ0) is 14.1. The highest BCUT2D eigenvalue weighted by Crippen LogP contribution is 2.02. The van der Waals surface area contributed by atoms with Crippen LogP contribution in [-0.4, -0.2) is 66.6 Å². The van der Waals surface area contributed by atoms with Gasteiger partial charge in [-0.25, -0.2) is 0 Å². The topological polar surface area (TPSA) is 58.8 Å². The molecule has 0 saturated carbocycles. The Bertz CT molecular complexity index is 294. The summed E-state index contributed by atoms with van der Waals surface area (Å²) < 4.78 is 5.32. The summed E-state index contributed by atoms with van der Waals surface area (Å²) in [6, 6.07) is 0. The second-order valence-electron chi connectivity index (χ2n) is 4.80. The first-order valence-electron chi connectivity index (χ1n) is 6.99. The maximum absolute atomic E-state index is 12.0. The third-order valence-electron chi connectivity index (χ3n) is 3.23. The maximum atomic E-state index is 12.0. The first-order valence-corrected chi connectivity index (χ1v) is 7.40. The number of nitrogens with two attached hydrogens (primary N) is 1. The molecule has 1 amide bonds. The van der Waals surface area contributed by atoms with Gasteiger partial charge in [0.1, 0.15) is 0 Å². The fraction of sp³-hybridized carbons (Fsp3) is 0.846. The highest BCUT2D eigenvalue weighted by Gasteiger charge is 2.16. The average Bonchev–Trinajstić information content (AvgIpc) is 2.40. The molecule has 1 aliphatic heterocycles. The Morgan fingerprint density at radius 2 is 2.00 bits per heavy atom. The second kappa shape index (κ2) is 9.23. The molecular formula is C13H25N3O2S. The van der Waals surface area contributed by atoms with Gasteiger partial charge in [-0.3, -0.25) is 9.69 Å². The van der Waals surface area contributed by atoms with Crippen molar-refractivity contribution in [2.75, 3.05) is 45.9 Å². The molecule has 1 rings (SSSR count). The summed E-state index contributed by atoms with van der Waals surface area (Å²) in [6.45, 7) is 7.78. The van der Waals surface area contributed by atoms with Gasteiger partial charge in [0.15, 0.2) is 0 Å². The van der Waals surface area contributed by atoms with Gasteiger partial charge in [-0.15, -0.1) is 0 Å². The lowest BCUT2D eigenvalue weighted by molar-refractivity contribution is -0.131. The van der Waals surface area contributed by atoms with Gasteiger partial charge in [0.25, 0.3) is 0 Å². The molecule has 0 unspecified atom stereocenters. The predicted molar refractivity (Wildman–Crippen MR) is 80.1 cm³/mol. The van der Waals surface area contributed by atoms with Gasteiger partial charge in [0, 0.05) is 45.6 Å². The number of hydrogen-bond acceptors (Lipinski definition) is 4. The molecule has 1 fully saturated rings. The number of thiocarbonyl (C=S) groups is 1. The normalized spacial score (nSPS) is 16.3. The van der Waals surface area contributed by atoms with Crippen molar-refractivity contribution in [2.24, 2.45) is 5.73 Å². The van der Waals surface area contributed by atoms with Gasteiger partial charge in [0.05, 0.1) is 18.2 Å². The third kappa shape index (κ3) is 6.84. The quantitative estimate of drug-likeness (QED) is 0.663. The Labute approximate surface area is 121 Å². The van der Waals surface area contributed by atoms with E-state index in [-0.39, 0.29) is 5.91 Å². The first-order chi connectivity index (χ1) is 9.13.